The molecule has 0 spiro atoms. The summed E-state index contributed by atoms with van der Waals surface area (Å²) in [5.41, 5.74) is 7.86. The zero-order chi connectivity index (χ0) is 13.2. The Morgan fingerprint density at radius 2 is 2.26 bits per heavy atom. The van der Waals surface area contributed by atoms with Gasteiger partial charge >= 0.3 is 0 Å². The van der Waals surface area contributed by atoms with Gasteiger partial charge in [-0.15, -0.1) is 0 Å². The van der Waals surface area contributed by atoms with Crippen molar-refractivity contribution < 1.29 is 9.32 Å². The molecule has 3 rings (SSSR count). The minimum absolute atomic E-state index is 0.0846. The Balaban J connectivity index is 1.80. The van der Waals surface area contributed by atoms with Crippen LogP contribution in [0.2, 0.25) is 0 Å². The molecule has 1 heterocycles. The number of benzene rings is 1. The Labute approximate surface area is 111 Å². The maximum absolute atomic E-state index is 12.3. The van der Waals surface area contributed by atoms with Gasteiger partial charge < -0.3 is 15.2 Å². The van der Waals surface area contributed by atoms with Crippen LogP contribution in [0.1, 0.15) is 28.9 Å². The summed E-state index contributed by atoms with van der Waals surface area (Å²) < 4.78 is 4.74. The fourth-order valence-corrected chi connectivity index (χ4v) is 2.11. The second-order valence-electron chi connectivity index (χ2n) is 4.79. The Morgan fingerprint density at radius 1 is 1.42 bits per heavy atom. The largest absolute Gasteiger partial charge is 0.399 e. The van der Waals surface area contributed by atoms with Crippen molar-refractivity contribution in [3.63, 3.8) is 0 Å². The topological polar surface area (TPSA) is 72.4 Å². The Hall–Kier alpha value is -2.30. The summed E-state index contributed by atoms with van der Waals surface area (Å²) in [5.74, 6) is -0.0846. The molecule has 1 amide bonds. The molecule has 0 aliphatic heterocycles. The number of nitrogen functional groups attached to an aromatic ring is 1. The number of nitrogens with two attached hydrogens (primary N) is 1. The molecule has 0 saturated heterocycles. The van der Waals surface area contributed by atoms with Crippen molar-refractivity contribution in [1.29, 1.82) is 0 Å². The number of aromatic nitrogens is 1. The minimum Gasteiger partial charge on any atom is -0.399 e. The number of hydrogen-bond donors (Lipinski definition) is 1. The number of carbonyl (C=O) groups is 1. The van der Waals surface area contributed by atoms with Gasteiger partial charge in [0.05, 0.1) is 0 Å². The van der Waals surface area contributed by atoms with Crippen LogP contribution in [0.5, 0.6) is 0 Å². The highest BCUT2D eigenvalue weighted by Gasteiger charge is 2.34. The number of hydrogen-bond acceptors (Lipinski definition) is 4. The van der Waals surface area contributed by atoms with Gasteiger partial charge in [-0.1, -0.05) is 17.3 Å². The molecule has 1 fully saturated rings. The summed E-state index contributed by atoms with van der Waals surface area (Å²) in [5, 5.41) is 3.72. The lowest BCUT2D eigenvalue weighted by atomic mass is 10.2. The lowest BCUT2D eigenvalue weighted by Gasteiger charge is -2.21. The van der Waals surface area contributed by atoms with Crippen LogP contribution < -0.4 is 5.73 Å². The molecule has 2 aromatic rings. The van der Waals surface area contributed by atoms with E-state index in [1.165, 1.54) is 6.26 Å². The standard InChI is InChI=1S/C14H15N3O2/c15-11-3-1-2-10(8-11)9-17(12-4-5-12)14(18)13-6-7-19-16-13/h1-3,6-8,12H,4-5,9,15H2. The maximum atomic E-state index is 12.3. The van der Waals surface area contributed by atoms with Crippen LogP contribution in [0.25, 0.3) is 0 Å². The summed E-state index contributed by atoms with van der Waals surface area (Å²) in [6, 6.07) is 9.51. The van der Waals surface area contributed by atoms with Gasteiger partial charge in [-0.2, -0.15) is 0 Å². The zero-order valence-corrected chi connectivity index (χ0v) is 10.5. The van der Waals surface area contributed by atoms with Crippen molar-refractivity contribution in [2.75, 3.05) is 5.73 Å². The third kappa shape index (κ3) is 2.59. The van der Waals surface area contributed by atoms with E-state index in [0.29, 0.717) is 24.0 Å². The molecule has 1 aromatic heterocycles. The van der Waals surface area contributed by atoms with Crippen molar-refractivity contribution in [1.82, 2.24) is 10.1 Å². The van der Waals surface area contributed by atoms with E-state index < -0.39 is 0 Å². The van der Waals surface area contributed by atoms with E-state index in [4.69, 9.17) is 10.3 Å². The van der Waals surface area contributed by atoms with E-state index >= 15 is 0 Å². The third-order valence-electron chi connectivity index (χ3n) is 3.21. The van der Waals surface area contributed by atoms with Crippen molar-refractivity contribution >= 4 is 11.6 Å². The summed E-state index contributed by atoms with van der Waals surface area (Å²) in [6.45, 7) is 0.557. The zero-order valence-electron chi connectivity index (χ0n) is 10.5. The lowest BCUT2D eigenvalue weighted by molar-refractivity contribution is 0.0719. The first-order valence-electron chi connectivity index (χ1n) is 6.30. The highest BCUT2D eigenvalue weighted by atomic mass is 16.5. The average Bonchev–Trinajstić information content (AvgIpc) is 3.09. The molecule has 0 atom stereocenters. The van der Waals surface area contributed by atoms with Crippen LogP contribution >= 0.6 is 0 Å². The number of nitrogens with zero attached hydrogens (tertiary/aromatic N) is 2. The van der Waals surface area contributed by atoms with Crippen molar-refractivity contribution in [2.45, 2.75) is 25.4 Å². The van der Waals surface area contributed by atoms with Gasteiger partial charge in [-0.05, 0) is 30.5 Å². The van der Waals surface area contributed by atoms with Crippen LogP contribution in [0, 0.1) is 0 Å². The summed E-state index contributed by atoms with van der Waals surface area (Å²) in [4.78, 5) is 14.2. The first kappa shape index (κ1) is 11.8. The van der Waals surface area contributed by atoms with Crippen molar-refractivity contribution in [3.05, 3.63) is 47.9 Å². The lowest BCUT2D eigenvalue weighted by Crippen LogP contribution is -2.32. The van der Waals surface area contributed by atoms with Crippen molar-refractivity contribution in [2.24, 2.45) is 0 Å². The molecule has 98 valence electrons. The highest BCUT2D eigenvalue weighted by molar-refractivity contribution is 5.92. The molecule has 19 heavy (non-hydrogen) atoms. The van der Waals surface area contributed by atoms with Gasteiger partial charge in [0.2, 0.25) is 0 Å². The SMILES string of the molecule is Nc1cccc(CN(C(=O)c2ccon2)C2CC2)c1. The predicted molar refractivity (Wildman–Crippen MR) is 70.3 cm³/mol. The van der Waals surface area contributed by atoms with Gasteiger partial charge in [0.25, 0.3) is 5.91 Å². The number of amides is 1. The summed E-state index contributed by atoms with van der Waals surface area (Å²) in [6.07, 6.45) is 3.51. The second kappa shape index (κ2) is 4.76. The Morgan fingerprint density at radius 3 is 2.89 bits per heavy atom. The molecule has 1 aliphatic rings. The van der Waals surface area contributed by atoms with E-state index in [1.807, 2.05) is 29.2 Å². The highest BCUT2D eigenvalue weighted by Crippen LogP contribution is 2.29. The van der Waals surface area contributed by atoms with Crippen LogP contribution in [-0.4, -0.2) is 22.0 Å². The number of carbonyl (C=O) groups excluding carboxylic acids is 1. The third-order valence-corrected chi connectivity index (χ3v) is 3.21. The number of anilines is 1. The van der Waals surface area contributed by atoms with Gasteiger partial charge in [-0.25, -0.2) is 0 Å². The van der Waals surface area contributed by atoms with Crippen LogP contribution in [0.4, 0.5) is 5.69 Å². The summed E-state index contributed by atoms with van der Waals surface area (Å²) in [7, 11) is 0. The van der Waals surface area contributed by atoms with Crippen molar-refractivity contribution in [3.8, 4) is 0 Å². The molecule has 0 radical (unpaired) electrons. The number of rotatable bonds is 4. The maximum Gasteiger partial charge on any atom is 0.276 e. The minimum atomic E-state index is -0.0846. The van der Waals surface area contributed by atoms with Gasteiger partial charge in [-0.3, -0.25) is 4.79 Å². The molecule has 0 bridgehead atoms. The predicted octanol–water partition coefficient (Wildman–Crippen LogP) is 2.06. The molecule has 1 aliphatic carbocycles. The molecule has 5 nitrogen and oxygen atoms in total. The van der Waals surface area contributed by atoms with Gasteiger partial charge in [0.15, 0.2) is 5.69 Å². The molecule has 5 heteroatoms. The molecular weight excluding hydrogens is 242 g/mol. The van der Waals surface area contributed by atoms with Crippen LogP contribution in [0.15, 0.2) is 41.1 Å². The van der Waals surface area contributed by atoms with E-state index in [0.717, 1.165) is 18.4 Å². The van der Waals surface area contributed by atoms with E-state index in [1.54, 1.807) is 6.07 Å². The van der Waals surface area contributed by atoms with Crippen LogP contribution in [0.3, 0.4) is 0 Å². The normalized spacial score (nSPS) is 14.3. The average molecular weight is 257 g/mol. The Bertz CT molecular complexity index is 576. The monoisotopic (exact) mass is 257 g/mol. The molecular formula is C14H15N3O2. The molecule has 1 saturated carbocycles. The molecule has 2 N–H and O–H groups in total. The van der Waals surface area contributed by atoms with Gasteiger partial charge in [0.1, 0.15) is 6.26 Å². The Kier molecular flexibility index (Phi) is 2.95. The first-order chi connectivity index (χ1) is 9.24. The summed E-state index contributed by atoms with van der Waals surface area (Å²) >= 11 is 0. The van der Waals surface area contributed by atoms with Gasteiger partial charge in [0, 0.05) is 24.3 Å². The smallest absolute Gasteiger partial charge is 0.276 e. The van der Waals surface area contributed by atoms with E-state index in [2.05, 4.69) is 5.16 Å². The molecule has 1 aromatic carbocycles. The fraction of sp³-hybridized carbons (Fsp3) is 0.286. The van der Waals surface area contributed by atoms with E-state index in [9.17, 15) is 4.79 Å². The molecule has 0 unspecified atom stereocenters. The van der Waals surface area contributed by atoms with E-state index in [-0.39, 0.29) is 5.91 Å². The quantitative estimate of drug-likeness (QED) is 0.851. The second-order valence-corrected chi connectivity index (χ2v) is 4.79. The first-order valence-corrected chi connectivity index (χ1v) is 6.30. The van der Waals surface area contributed by atoms with Crippen LogP contribution in [-0.2, 0) is 6.54 Å². The fourth-order valence-electron chi connectivity index (χ4n) is 2.11.